The number of ether oxygens (including phenoxy) is 2. The Morgan fingerprint density at radius 1 is 1.11 bits per heavy atom. The van der Waals surface area contributed by atoms with Gasteiger partial charge in [0.05, 0.1) is 14.2 Å². The lowest BCUT2D eigenvalue weighted by Crippen LogP contribution is -2.01. The van der Waals surface area contributed by atoms with E-state index >= 15 is 0 Å². The molecule has 0 atom stereocenters. The molecular formula is C13H17N3O2S. The van der Waals surface area contributed by atoms with E-state index in [-0.39, 0.29) is 0 Å². The molecule has 0 fully saturated rings. The van der Waals surface area contributed by atoms with E-state index in [2.05, 4.69) is 10.2 Å². The van der Waals surface area contributed by atoms with Crippen molar-refractivity contribution >= 4 is 11.3 Å². The molecule has 0 unspecified atom stereocenters. The molecule has 0 aliphatic carbocycles. The highest BCUT2D eigenvalue weighted by Crippen LogP contribution is 2.28. The van der Waals surface area contributed by atoms with Crippen LogP contribution in [-0.2, 0) is 12.8 Å². The second kappa shape index (κ2) is 6.49. The second-order valence-corrected chi connectivity index (χ2v) is 5.14. The zero-order valence-electron chi connectivity index (χ0n) is 11.0. The first-order valence-corrected chi connectivity index (χ1v) is 6.80. The van der Waals surface area contributed by atoms with E-state index in [4.69, 9.17) is 15.2 Å². The highest BCUT2D eigenvalue weighted by Gasteiger charge is 2.08. The van der Waals surface area contributed by atoms with E-state index in [1.165, 1.54) is 0 Å². The first-order chi connectivity index (χ1) is 9.26. The summed E-state index contributed by atoms with van der Waals surface area (Å²) in [6.07, 6.45) is 1.52. The Morgan fingerprint density at radius 3 is 2.53 bits per heavy atom. The topological polar surface area (TPSA) is 70.3 Å². The fraction of sp³-hybridized carbons (Fsp3) is 0.385. The Kier molecular flexibility index (Phi) is 4.70. The number of rotatable bonds is 6. The lowest BCUT2D eigenvalue weighted by molar-refractivity contribution is 0.354. The molecule has 5 nitrogen and oxygen atoms in total. The van der Waals surface area contributed by atoms with E-state index in [9.17, 15) is 0 Å². The van der Waals surface area contributed by atoms with Crippen molar-refractivity contribution in [2.24, 2.45) is 5.73 Å². The summed E-state index contributed by atoms with van der Waals surface area (Å²) in [5.74, 6) is 1.46. The predicted octanol–water partition coefficient (Wildman–Crippen LogP) is 1.65. The van der Waals surface area contributed by atoms with Crippen molar-refractivity contribution in [3.05, 3.63) is 33.8 Å². The first-order valence-electron chi connectivity index (χ1n) is 5.99. The molecule has 0 bridgehead atoms. The molecule has 0 spiro atoms. The molecule has 19 heavy (non-hydrogen) atoms. The molecule has 1 heterocycles. The lowest BCUT2D eigenvalue weighted by atomic mass is 10.1. The van der Waals surface area contributed by atoms with Crippen LogP contribution in [-0.4, -0.2) is 31.0 Å². The first kappa shape index (κ1) is 13.8. The van der Waals surface area contributed by atoms with Crippen LogP contribution in [0.3, 0.4) is 0 Å². The zero-order chi connectivity index (χ0) is 13.7. The monoisotopic (exact) mass is 279 g/mol. The SMILES string of the molecule is COc1ccc(Cc2nnc(CCN)s2)cc1OC. The Balaban J connectivity index is 2.13. The van der Waals surface area contributed by atoms with Crippen molar-refractivity contribution in [1.29, 1.82) is 0 Å². The van der Waals surface area contributed by atoms with Gasteiger partial charge in [-0.1, -0.05) is 6.07 Å². The van der Waals surface area contributed by atoms with E-state index < -0.39 is 0 Å². The van der Waals surface area contributed by atoms with Crippen molar-refractivity contribution in [3.63, 3.8) is 0 Å². The number of methoxy groups -OCH3 is 2. The van der Waals surface area contributed by atoms with Crippen LogP contribution in [0.25, 0.3) is 0 Å². The number of hydrogen-bond donors (Lipinski definition) is 1. The largest absolute Gasteiger partial charge is 0.493 e. The lowest BCUT2D eigenvalue weighted by Gasteiger charge is -2.08. The predicted molar refractivity (Wildman–Crippen MR) is 75.0 cm³/mol. The van der Waals surface area contributed by atoms with Gasteiger partial charge in [0.2, 0.25) is 0 Å². The molecule has 1 aromatic heterocycles. The van der Waals surface area contributed by atoms with Crippen molar-refractivity contribution in [2.75, 3.05) is 20.8 Å². The summed E-state index contributed by atoms with van der Waals surface area (Å²) in [5, 5.41) is 10.2. The molecular weight excluding hydrogens is 262 g/mol. The minimum atomic E-state index is 0.602. The summed E-state index contributed by atoms with van der Waals surface area (Å²) in [6, 6.07) is 5.87. The summed E-state index contributed by atoms with van der Waals surface area (Å²) in [4.78, 5) is 0. The normalized spacial score (nSPS) is 10.5. The summed E-state index contributed by atoms with van der Waals surface area (Å²) in [5.41, 5.74) is 6.62. The summed E-state index contributed by atoms with van der Waals surface area (Å²) < 4.78 is 10.5. The molecule has 2 aromatic rings. The quantitative estimate of drug-likeness (QED) is 0.870. The van der Waals surface area contributed by atoms with Gasteiger partial charge in [0, 0.05) is 12.8 Å². The van der Waals surface area contributed by atoms with Gasteiger partial charge in [-0.2, -0.15) is 0 Å². The Labute approximate surface area is 116 Å². The smallest absolute Gasteiger partial charge is 0.160 e. The third kappa shape index (κ3) is 3.42. The standard InChI is InChI=1S/C13H17N3O2S/c1-17-10-4-3-9(7-11(10)18-2)8-13-16-15-12(19-13)5-6-14/h3-4,7H,5-6,8,14H2,1-2H3. The summed E-state index contributed by atoms with van der Waals surface area (Å²) in [6.45, 7) is 0.602. The van der Waals surface area contributed by atoms with Gasteiger partial charge in [0.25, 0.3) is 0 Å². The maximum absolute atomic E-state index is 5.50. The van der Waals surface area contributed by atoms with Crippen molar-refractivity contribution < 1.29 is 9.47 Å². The molecule has 0 aliphatic heterocycles. The fourth-order valence-electron chi connectivity index (χ4n) is 1.75. The second-order valence-electron chi connectivity index (χ2n) is 3.99. The number of nitrogens with two attached hydrogens (primary N) is 1. The third-order valence-corrected chi connectivity index (χ3v) is 3.65. The van der Waals surface area contributed by atoms with Crippen LogP contribution in [0.2, 0.25) is 0 Å². The van der Waals surface area contributed by atoms with Gasteiger partial charge in [0.15, 0.2) is 11.5 Å². The highest BCUT2D eigenvalue weighted by atomic mass is 32.1. The van der Waals surface area contributed by atoms with E-state index in [1.807, 2.05) is 18.2 Å². The van der Waals surface area contributed by atoms with Crippen LogP contribution in [0.4, 0.5) is 0 Å². The Hall–Kier alpha value is -1.66. The minimum absolute atomic E-state index is 0.602. The molecule has 0 radical (unpaired) electrons. The van der Waals surface area contributed by atoms with Gasteiger partial charge in [-0.05, 0) is 24.2 Å². The average molecular weight is 279 g/mol. The van der Waals surface area contributed by atoms with Crippen LogP contribution in [0.1, 0.15) is 15.6 Å². The summed E-state index contributed by atoms with van der Waals surface area (Å²) in [7, 11) is 3.26. The third-order valence-electron chi connectivity index (χ3n) is 2.67. The molecule has 2 N–H and O–H groups in total. The maximum Gasteiger partial charge on any atom is 0.160 e. The molecule has 6 heteroatoms. The number of benzene rings is 1. The van der Waals surface area contributed by atoms with Crippen LogP contribution in [0.5, 0.6) is 11.5 Å². The molecule has 0 saturated heterocycles. The molecule has 0 amide bonds. The molecule has 0 aliphatic rings. The van der Waals surface area contributed by atoms with E-state index in [0.29, 0.717) is 6.54 Å². The van der Waals surface area contributed by atoms with Crippen molar-refractivity contribution in [2.45, 2.75) is 12.8 Å². The molecule has 1 aromatic carbocycles. The van der Waals surface area contributed by atoms with Gasteiger partial charge in [0.1, 0.15) is 10.0 Å². The maximum atomic E-state index is 5.50. The van der Waals surface area contributed by atoms with Gasteiger partial charge in [-0.3, -0.25) is 0 Å². The van der Waals surface area contributed by atoms with Crippen LogP contribution in [0, 0.1) is 0 Å². The van der Waals surface area contributed by atoms with E-state index in [0.717, 1.165) is 39.9 Å². The van der Waals surface area contributed by atoms with Crippen LogP contribution in [0.15, 0.2) is 18.2 Å². The van der Waals surface area contributed by atoms with Crippen LogP contribution < -0.4 is 15.2 Å². The van der Waals surface area contributed by atoms with Gasteiger partial charge >= 0.3 is 0 Å². The van der Waals surface area contributed by atoms with Gasteiger partial charge in [-0.25, -0.2) is 0 Å². The number of aromatic nitrogens is 2. The van der Waals surface area contributed by atoms with Crippen molar-refractivity contribution in [1.82, 2.24) is 10.2 Å². The van der Waals surface area contributed by atoms with E-state index in [1.54, 1.807) is 25.6 Å². The number of nitrogens with zero attached hydrogens (tertiary/aromatic N) is 2. The Bertz CT molecular complexity index is 542. The van der Waals surface area contributed by atoms with Crippen molar-refractivity contribution in [3.8, 4) is 11.5 Å². The highest BCUT2D eigenvalue weighted by molar-refractivity contribution is 7.11. The minimum Gasteiger partial charge on any atom is -0.493 e. The van der Waals surface area contributed by atoms with Gasteiger partial charge in [-0.15, -0.1) is 21.5 Å². The fourth-order valence-corrected chi connectivity index (χ4v) is 2.64. The van der Waals surface area contributed by atoms with Gasteiger partial charge < -0.3 is 15.2 Å². The van der Waals surface area contributed by atoms with Crippen LogP contribution >= 0.6 is 11.3 Å². The molecule has 0 saturated carbocycles. The molecule has 102 valence electrons. The Morgan fingerprint density at radius 2 is 1.84 bits per heavy atom. The number of hydrogen-bond acceptors (Lipinski definition) is 6. The average Bonchev–Trinajstić information content (AvgIpc) is 2.86. The zero-order valence-corrected chi connectivity index (χ0v) is 11.9. The molecule has 2 rings (SSSR count). The summed E-state index contributed by atoms with van der Waals surface area (Å²) >= 11 is 1.60.